The zero-order valence-corrected chi connectivity index (χ0v) is 20.2. The first-order valence-corrected chi connectivity index (χ1v) is 12.3. The summed E-state index contributed by atoms with van der Waals surface area (Å²) in [5.74, 6) is 0. The molecule has 25 heavy (non-hydrogen) atoms. The van der Waals surface area contributed by atoms with Crippen molar-refractivity contribution in [3.63, 3.8) is 0 Å². The topological polar surface area (TPSA) is 0 Å². The van der Waals surface area contributed by atoms with E-state index in [0.29, 0.717) is 0 Å². The van der Waals surface area contributed by atoms with Crippen LogP contribution < -0.4 is 0 Å². The smallest absolute Gasteiger partial charge is 0.147 e. The van der Waals surface area contributed by atoms with Crippen molar-refractivity contribution in [1.82, 2.24) is 0 Å². The van der Waals surface area contributed by atoms with E-state index in [1.165, 1.54) is 77.0 Å². The molecule has 0 nitrogen and oxygen atoms in total. The molecule has 3 heteroatoms. The van der Waals surface area contributed by atoms with E-state index in [4.69, 9.17) is 0 Å². The third kappa shape index (κ3) is 9.26. The molecule has 2 rings (SSSR count). The molecule has 0 N–H and O–H groups in total. The van der Waals surface area contributed by atoms with E-state index >= 15 is 0 Å². The standard InChI is InChI=1S/2C11H17.2ClH.Zr/c2*1-2-3-4-5-8-11-9-6-7-10-11;;;/h2*6,9H,2-5,7-8H2,1H3;2*1H;. The van der Waals surface area contributed by atoms with Crippen molar-refractivity contribution in [1.29, 1.82) is 0 Å². The van der Waals surface area contributed by atoms with E-state index in [-0.39, 0.29) is 24.8 Å². The van der Waals surface area contributed by atoms with Gasteiger partial charge in [-0.05, 0) is 0 Å². The monoisotopic (exact) mass is 460 g/mol. The van der Waals surface area contributed by atoms with Crippen LogP contribution >= 0.6 is 24.8 Å². The second-order valence-corrected chi connectivity index (χ2v) is 10.5. The number of hydrogen-bond acceptors (Lipinski definition) is 0. The first-order chi connectivity index (χ1) is 11.3. The van der Waals surface area contributed by atoms with Gasteiger partial charge in [-0.1, -0.05) is 0 Å². The zero-order valence-electron chi connectivity index (χ0n) is 16.1. The Balaban J connectivity index is 0.00000288. The summed E-state index contributed by atoms with van der Waals surface area (Å²) in [6.07, 6.45) is 26.1. The number of unbranched alkanes of at least 4 members (excludes halogenated alkanes) is 6. The van der Waals surface area contributed by atoms with Crippen molar-refractivity contribution < 1.29 is 23.2 Å². The Morgan fingerprint density at radius 1 is 0.680 bits per heavy atom. The maximum absolute atomic E-state index is 2.45. The average molecular weight is 463 g/mol. The number of halogens is 2. The van der Waals surface area contributed by atoms with E-state index < -0.39 is 23.2 Å². The van der Waals surface area contributed by atoms with Crippen molar-refractivity contribution in [2.45, 2.75) is 90.9 Å². The fraction of sp³-hybridized carbons (Fsp3) is 0.636. The maximum Gasteiger partial charge on any atom is -0.147 e. The Kier molecular flexibility index (Phi) is 15.7. The summed E-state index contributed by atoms with van der Waals surface area (Å²) in [5.41, 5.74) is 3.47. The first-order valence-electron chi connectivity index (χ1n) is 9.89. The van der Waals surface area contributed by atoms with Gasteiger partial charge >= 0.3 is 156 Å². The summed E-state index contributed by atoms with van der Waals surface area (Å²) in [7, 11) is 0. The quantitative estimate of drug-likeness (QED) is 0.256. The fourth-order valence-electron chi connectivity index (χ4n) is 3.50. The SMILES string of the molecule is CCCCCCC1=[C]([Zr][C]2=C(CCCCCC)C=CC2)CC=C1.Cl.Cl. The predicted molar refractivity (Wildman–Crippen MR) is 114 cm³/mol. The molecule has 0 fully saturated rings. The number of allylic oxidation sites excluding steroid dienone is 8. The van der Waals surface area contributed by atoms with Crippen LogP contribution in [-0.4, -0.2) is 0 Å². The van der Waals surface area contributed by atoms with Crippen LogP contribution in [0.15, 0.2) is 42.0 Å². The summed E-state index contributed by atoms with van der Waals surface area (Å²) in [5, 5.41) is 0. The zero-order chi connectivity index (χ0) is 16.3. The molecule has 0 heterocycles. The van der Waals surface area contributed by atoms with Gasteiger partial charge in [0.1, 0.15) is 0 Å². The molecule has 0 aromatic carbocycles. The van der Waals surface area contributed by atoms with Crippen molar-refractivity contribution in [2.24, 2.45) is 0 Å². The molecule has 2 aliphatic carbocycles. The first kappa shape index (κ1) is 25.4. The van der Waals surface area contributed by atoms with Gasteiger partial charge in [-0.25, -0.2) is 0 Å². The molecular weight excluding hydrogens is 426 g/mol. The van der Waals surface area contributed by atoms with Crippen molar-refractivity contribution in [2.75, 3.05) is 0 Å². The molecule has 142 valence electrons. The molecule has 0 aliphatic heterocycles. The number of rotatable bonds is 12. The number of hydrogen-bond donors (Lipinski definition) is 0. The molecule has 0 atom stereocenters. The van der Waals surface area contributed by atoms with E-state index in [1.54, 1.807) is 11.1 Å². The molecule has 0 amide bonds. The molecule has 0 aromatic heterocycles. The third-order valence-corrected chi connectivity index (χ3v) is 9.02. The Labute approximate surface area is 180 Å². The maximum atomic E-state index is 2.45. The van der Waals surface area contributed by atoms with Gasteiger partial charge in [-0.15, -0.1) is 24.8 Å². The Hall–Kier alpha value is 0.423. The predicted octanol–water partition coefficient (Wildman–Crippen LogP) is 8.28. The van der Waals surface area contributed by atoms with Crippen molar-refractivity contribution in [3.8, 4) is 0 Å². The molecule has 0 radical (unpaired) electrons. The van der Waals surface area contributed by atoms with Crippen molar-refractivity contribution in [3.05, 3.63) is 42.0 Å². The summed E-state index contributed by atoms with van der Waals surface area (Å²) in [4.78, 5) is 0. The van der Waals surface area contributed by atoms with Crippen LogP contribution in [0.2, 0.25) is 0 Å². The van der Waals surface area contributed by atoms with E-state index in [1.807, 2.05) is 6.56 Å². The van der Waals surface area contributed by atoms with Gasteiger partial charge in [0.15, 0.2) is 0 Å². The van der Waals surface area contributed by atoms with Crippen molar-refractivity contribution >= 4 is 24.8 Å². The van der Waals surface area contributed by atoms with Gasteiger partial charge in [-0.3, -0.25) is 0 Å². The van der Waals surface area contributed by atoms with Crippen LogP contribution in [0, 0.1) is 0 Å². The van der Waals surface area contributed by atoms with Gasteiger partial charge in [0.25, 0.3) is 0 Å². The van der Waals surface area contributed by atoms with Gasteiger partial charge < -0.3 is 0 Å². The molecule has 2 aliphatic rings. The van der Waals surface area contributed by atoms with E-state index in [0.717, 1.165) is 0 Å². The summed E-state index contributed by atoms with van der Waals surface area (Å²) in [6.45, 7) is 4.60. The second kappa shape index (κ2) is 15.5. The van der Waals surface area contributed by atoms with Gasteiger partial charge in [-0.2, -0.15) is 0 Å². The van der Waals surface area contributed by atoms with Crippen LogP contribution in [0.4, 0.5) is 0 Å². The second-order valence-electron chi connectivity index (χ2n) is 6.97. The summed E-state index contributed by atoms with van der Waals surface area (Å²) < 4.78 is 3.77. The van der Waals surface area contributed by atoms with E-state index in [2.05, 4.69) is 38.2 Å². The summed E-state index contributed by atoms with van der Waals surface area (Å²) >= 11 is -0.493. The fourth-order valence-corrected chi connectivity index (χ4v) is 7.29. The Morgan fingerprint density at radius 2 is 1.12 bits per heavy atom. The Bertz CT molecular complexity index is 442. The molecule has 0 spiro atoms. The van der Waals surface area contributed by atoms with Gasteiger partial charge in [0.2, 0.25) is 0 Å². The minimum absolute atomic E-state index is 0. The van der Waals surface area contributed by atoms with Crippen LogP contribution in [-0.2, 0) is 23.2 Å². The average Bonchev–Trinajstić information content (AvgIpc) is 3.18. The van der Waals surface area contributed by atoms with Crippen LogP contribution in [0.3, 0.4) is 0 Å². The van der Waals surface area contributed by atoms with E-state index in [9.17, 15) is 0 Å². The molecule has 0 saturated heterocycles. The molecule has 0 saturated carbocycles. The minimum Gasteiger partial charge on any atom is -0.147 e. The van der Waals surface area contributed by atoms with Crippen LogP contribution in [0.1, 0.15) is 90.9 Å². The van der Waals surface area contributed by atoms with Crippen LogP contribution in [0.5, 0.6) is 0 Å². The molecule has 0 bridgehead atoms. The third-order valence-electron chi connectivity index (χ3n) is 4.96. The molecule has 0 unspecified atom stereocenters. The van der Waals surface area contributed by atoms with Crippen LogP contribution in [0.25, 0.3) is 0 Å². The normalized spacial score (nSPS) is 15.6. The molecular formula is C22H36Cl2Zr. The minimum atomic E-state index is -0.493. The summed E-state index contributed by atoms with van der Waals surface area (Å²) in [6, 6.07) is 0. The van der Waals surface area contributed by atoms with Gasteiger partial charge in [0, 0.05) is 0 Å². The Morgan fingerprint density at radius 3 is 1.52 bits per heavy atom. The van der Waals surface area contributed by atoms with Gasteiger partial charge in [0.05, 0.1) is 0 Å². The molecule has 0 aromatic rings. The largest absolute Gasteiger partial charge is 0.147 e.